The number of benzene rings is 2. The van der Waals surface area contributed by atoms with Gasteiger partial charge in [-0.2, -0.15) is 0 Å². The minimum Gasteiger partial charge on any atom is -0.497 e. The van der Waals surface area contributed by atoms with Crippen molar-refractivity contribution in [2.24, 2.45) is 0 Å². The fourth-order valence-electron chi connectivity index (χ4n) is 2.57. The fraction of sp³-hybridized carbons (Fsp3) is 0.222. The Hall–Kier alpha value is -2.82. The van der Waals surface area contributed by atoms with Gasteiger partial charge in [-0.3, -0.25) is 9.59 Å². The minimum atomic E-state index is -0.144. The van der Waals surface area contributed by atoms with Crippen molar-refractivity contribution in [2.75, 3.05) is 26.7 Å². The van der Waals surface area contributed by atoms with Crippen LogP contribution in [0.2, 0.25) is 0 Å². The number of fused-ring (bicyclic) bond motifs is 1. The number of methoxy groups -OCH3 is 1. The molecular weight excluding hydrogens is 292 g/mol. The third kappa shape index (κ3) is 3.51. The van der Waals surface area contributed by atoms with E-state index in [0.29, 0.717) is 13.1 Å². The maximum Gasteiger partial charge on any atom is 0.247 e. The first-order valence-electron chi connectivity index (χ1n) is 7.47. The van der Waals surface area contributed by atoms with E-state index >= 15 is 0 Å². The molecule has 0 bridgehead atoms. The fourth-order valence-corrected chi connectivity index (χ4v) is 2.57. The molecule has 2 aromatic carbocycles. The van der Waals surface area contributed by atoms with Crippen LogP contribution in [-0.4, -0.2) is 43.5 Å². The lowest BCUT2D eigenvalue weighted by Crippen LogP contribution is -2.49. The zero-order chi connectivity index (χ0) is 16.2. The summed E-state index contributed by atoms with van der Waals surface area (Å²) in [4.78, 5) is 25.0. The molecule has 0 aromatic heterocycles. The van der Waals surface area contributed by atoms with Crippen LogP contribution in [0.4, 0.5) is 0 Å². The molecule has 2 amide bonds. The van der Waals surface area contributed by atoms with E-state index in [1.807, 2.05) is 36.4 Å². The molecule has 1 aliphatic heterocycles. The second kappa shape index (κ2) is 6.52. The topological polar surface area (TPSA) is 58.6 Å². The number of carbonyl (C=O) groups is 2. The average Bonchev–Trinajstić information content (AvgIpc) is 2.59. The van der Waals surface area contributed by atoms with E-state index in [0.717, 1.165) is 22.1 Å². The van der Waals surface area contributed by atoms with E-state index in [4.69, 9.17) is 4.74 Å². The number of piperazine rings is 1. The van der Waals surface area contributed by atoms with Gasteiger partial charge in [0, 0.05) is 19.2 Å². The number of rotatable bonds is 3. The number of nitrogens with zero attached hydrogens (tertiary/aromatic N) is 1. The maximum atomic E-state index is 12.1. The molecule has 0 atom stereocenters. The average molecular weight is 310 g/mol. The van der Waals surface area contributed by atoms with Gasteiger partial charge in [0.15, 0.2) is 0 Å². The maximum absolute atomic E-state index is 12.1. The first-order chi connectivity index (χ1) is 11.2. The third-order valence-corrected chi connectivity index (χ3v) is 3.84. The molecule has 1 N–H and O–H groups in total. The van der Waals surface area contributed by atoms with Crippen molar-refractivity contribution in [3.05, 3.63) is 48.0 Å². The van der Waals surface area contributed by atoms with E-state index in [1.54, 1.807) is 18.1 Å². The Bertz CT molecular complexity index is 783. The van der Waals surface area contributed by atoms with Gasteiger partial charge in [0.1, 0.15) is 5.75 Å². The van der Waals surface area contributed by atoms with E-state index < -0.39 is 0 Å². The normalized spacial score (nSPS) is 15.0. The Morgan fingerprint density at radius 2 is 2.00 bits per heavy atom. The molecule has 5 nitrogen and oxygen atoms in total. The summed E-state index contributed by atoms with van der Waals surface area (Å²) in [6.45, 7) is 1.18. The van der Waals surface area contributed by atoms with Gasteiger partial charge in [-0.25, -0.2) is 0 Å². The summed E-state index contributed by atoms with van der Waals surface area (Å²) >= 11 is 0. The van der Waals surface area contributed by atoms with Crippen molar-refractivity contribution in [3.63, 3.8) is 0 Å². The lowest BCUT2D eigenvalue weighted by molar-refractivity contribution is -0.134. The van der Waals surface area contributed by atoms with Crippen molar-refractivity contribution in [2.45, 2.75) is 0 Å². The smallest absolute Gasteiger partial charge is 0.247 e. The Morgan fingerprint density at radius 1 is 1.22 bits per heavy atom. The Balaban J connectivity index is 1.75. The lowest BCUT2D eigenvalue weighted by Gasteiger charge is -2.25. The number of amides is 2. The SMILES string of the molecule is COc1ccc2cc(C=CC(=O)N3CCNC(=O)C3)ccc2c1. The third-order valence-electron chi connectivity index (χ3n) is 3.84. The largest absolute Gasteiger partial charge is 0.497 e. The molecule has 0 radical (unpaired) electrons. The molecule has 23 heavy (non-hydrogen) atoms. The van der Waals surface area contributed by atoms with Crippen LogP contribution in [0.15, 0.2) is 42.5 Å². The van der Waals surface area contributed by atoms with Crippen molar-refractivity contribution in [1.82, 2.24) is 10.2 Å². The van der Waals surface area contributed by atoms with Gasteiger partial charge in [-0.15, -0.1) is 0 Å². The molecule has 1 fully saturated rings. The summed E-state index contributed by atoms with van der Waals surface area (Å²) in [6.07, 6.45) is 3.29. The predicted octanol–water partition coefficient (Wildman–Crippen LogP) is 1.82. The van der Waals surface area contributed by atoms with Gasteiger partial charge in [0.25, 0.3) is 0 Å². The summed E-state index contributed by atoms with van der Waals surface area (Å²) in [6, 6.07) is 11.8. The minimum absolute atomic E-state index is 0.113. The van der Waals surface area contributed by atoms with Gasteiger partial charge >= 0.3 is 0 Å². The second-order valence-corrected chi connectivity index (χ2v) is 5.42. The van der Waals surface area contributed by atoms with Crippen LogP contribution in [0.5, 0.6) is 5.75 Å². The van der Waals surface area contributed by atoms with Gasteiger partial charge in [0.05, 0.1) is 13.7 Å². The van der Waals surface area contributed by atoms with Gasteiger partial charge < -0.3 is 15.0 Å². The quantitative estimate of drug-likeness (QED) is 0.880. The van der Waals surface area contributed by atoms with Crippen LogP contribution < -0.4 is 10.1 Å². The summed E-state index contributed by atoms with van der Waals surface area (Å²) in [5.74, 6) is 0.562. The van der Waals surface area contributed by atoms with Crippen LogP contribution in [0.25, 0.3) is 16.8 Å². The number of hydrogen-bond acceptors (Lipinski definition) is 3. The van der Waals surface area contributed by atoms with Crippen LogP contribution >= 0.6 is 0 Å². The number of ether oxygens (including phenoxy) is 1. The van der Waals surface area contributed by atoms with Crippen LogP contribution in [-0.2, 0) is 9.59 Å². The molecule has 0 aliphatic carbocycles. The molecule has 0 saturated carbocycles. The molecule has 3 rings (SSSR count). The molecule has 1 heterocycles. The molecule has 118 valence electrons. The summed E-state index contributed by atoms with van der Waals surface area (Å²) in [7, 11) is 1.64. The molecule has 1 saturated heterocycles. The number of carbonyl (C=O) groups excluding carboxylic acids is 2. The Labute approximate surface area is 134 Å². The second-order valence-electron chi connectivity index (χ2n) is 5.42. The highest BCUT2D eigenvalue weighted by molar-refractivity contribution is 5.95. The first kappa shape index (κ1) is 15.1. The van der Waals surface area contributed by atoms with Gasteiger partial charge in [-0.1, -0.05) is 18.2 Å². The molecule has 0 unspecified atom stereocenters. The number of nitrogens with one attached hydrogen (secondary N) is 1. The van der Waals surface area contributed by atoms with E-state index in [2.05, 4.69) is 5.32 Å². The van der Waals surface area contributed by atoms with E-state index in [9.17, 15) is 9.59 Å². The predicted molar refractivity (Wildman–Crippen MR) is 89.1 cm³/mol. The molecule has 0 spiro atoms. The summed E-state index contributed by atoms with van der Waals surface area (Å²) in [5.41, 5.74) is 0.942. The first-order valence-corrected chi connectivity index (χ1v) is 7.47. The van der Waals surface area contributed by atoms with Crippen molar-refractivity contribution in [1.29, 1.82) is 0 Å². The number of hydrogen-bond donors (Lipinski definition) is 1. The molecule has 1 aliphatic rings. The molecule has 2 aromatic rings. The van der Waals surface area contributed by atoms with Crippen LogP contribution in [0, 0.1) is 0 Å². The lowest BCUT2D eigenvalue weighted by atomic mass is 10.1. The Morgan fingerprint density at radius 3 is 2.78 bits per heavy atom. The van der Waals surface area contributed by atoms with Crippen molar-refractivity contribution < 1.29 is 14.3 Å². The highest BCUT2D eigenvalue weighted by Gasteiger charge is 2.18. The highest BCUT2D eigenvalue weighted by Crippen LogP contribution is 2.22. The van der Waals surface area contributed by atoms with Crippen molar-refractivity contribution in [3.8, 4) is 5.75 Å². The monoisotopic (exact) mass is 310 g/mol. The standard InChI is InChI=1S/C18H18N2O3/c1-23-16-6-5-14-10-13(2-4-15(14)11-16)3-7-18(22)20-9-8-19-17(21)12-20/h2-7,10-11H,8-9,12H2,1H3,(H,19,21). The summed E-state index contributed by atoms with van der Waals surface area (Å²) in [5, 5.41) is 4.87. The van der Waals surface area contributed by atoms with E-state index in [-0.39, 0.29) is 18.4 Å². The van der Waals surface area contributed by atoms with Gasteiger partial charge in [0.2, 0.25) is 11.8 Å². The Kier molecular flexibility index (Phi) is 4.28. The molecule has 5 heteroatoms. The van der Waals surface area contributed by atoms with Crippen LogP contribution in [0.3, 0.4) is 0 Å². The zero-order valence-electron chi connectivity index (χ0n) is 12.9. The molecular formula is C18H18N2O3. The van der Waals surface area contributed by atoms with Crippen molar-refractivity contribution >= 4 is 28.7 Å². The van der Waals surface area contributed by atoms with Gasteiger partial charge in [-0.05, 0) is 40.6 Å². The summed E-state index contributed by atoms with van der Waals surface area (Å²) < 4.78 is 5.21. The highest BCUT2D eigenvalue weighted by atomic mass is 16.5. The zero-order valence-corrected chi connectivity index (χ0v) is 12.9. The van der Waals surface area contributed by atoms with Crippen LogP contribution in [0.1, 0.15) is 5.56 Å². The van der Waals surface area contributed by atoms with E-state index in [1.165, 1.54) is 6.08 Å².